The molecular formula is C27H30ClN3S. The minimum atomic E-state index is 0.179. The van der Waals surface area contributed by atoms with Gasteiger partial charge in [-0.3, -0.25) is 4.90 Å². The highest BCUT2D eigenvalue weighted by Gasteiger charge is 2.17. The zero-order valence-electron chi connectivity index (χ0n) is 18.3. The number of nitrogens with zero attached hydrogens (tertiary/aromatic N) is 2. The molecule has 1 heterocycles. The molecule has 0 amide bonds. The summed E-state index contributed by atoms with van der Waals surface area (Å²) in [7, 11) is 0. The first kappa shape index (κ1) is 22.9. The van der Waals surface area contributed by atoms with Crippen molar-refractivity contribution in [3.05, 3.63) is 95.0 Å². The van der Waals surface area contributed by atoms with Crippen LogP contribution in [0, 0.1) is 5.41 Å². The summed E-state index contributed by atoms with van der Waals surface area (Å²) in [5.74, 6) is 0. The van der Waals surface area contributed by atoms with E-state index in [-0.39, 0.29) is 5.25 Å². The van der Waals surface area contributed by atoms with Gasteiger partial charge < -0.3 is 10.3 Å². The number of anilines is 1. The van der Waals surface area contributed by atoms with E-state index in [9.17, 15) is 0 Å². The minimum Gasteiger partial charge on any atom is -0.369 e. The van der Waals surface area contributed by atoms with Gasteiger partial charge in [-0.25, -0.2) is 0 Å². The molecule has 5 heteroatoms. The summed E-state index contributed by atoms with van der Waals surface area (Å²) >= 11 is 7.74. The lowest BCUT2D eigenvalue weighted by molar-refractivity contribution is 0.250. The molecule has 0 spiro atoms. The van der Waals surface area contributed by atoms with Gasteiger partial charge in [0, 0.05) is 59.8 Å². The van der Waals surface area contributed by atoms with Crippen LogP contribution in [0.15, 0.2) is 83.8 Å². The van der Waals surface area contributed by atoms with Crippen LogP contribution in [0.1, 0.15) is 17.5 Å². The van der Waals surface area contributed by atoms with Gasteiger partial charge in [-0.15, -0.1) is 11.8 Å². The average Bonchev–Trinajstić information content (AvgIpc) is 2.84. The van der Waals surface area contributed by atoms with Gasteiger partial charge >= 0.3 is 0 Å². The number of nitrogens with one attached hydrogen (secondary N) is 1. The van der Waals surface area contributed by atoms with Crippen LogP contribution in [-0.2, 0) is 13.0 Å². The van der Waals surface area contributed by atoms with Crippen molar-refractivity contribution in [2.75, 3.05) is 31.1 Å². The second kappa shape index (κ2) is 11.6. The molecule has 0 aromatic heterocycles. The molecule has 1 aliphatic rings. The van der Waals surface area contributed by atoms with Gasteiger partial charge in [-0.05, 0) is 60.4 Å². The van der Waals surface area contributed by atoms with Gasteiger partial charge in [0.05, 0.1) is 0 Å². The van der Waals surface area contributed by atoms with Crippen molar-refractivity contribution < 1.29 is 0 Å². The first-order valence-corrected chi connectivity index (χ1v) is 12.5. The topological polar surface area (TPSA) is 30.3 Å². The Morgan fingerprint density at radius 1 is 0.844 bits per heavy atom. The Bertz CT molecular complexity index is 968. The van der Waals surface area contributed by atoms with Gasteiger partial charge in [-0.2, -0.15) is 0 Å². The van der Waals surface area contributed by atoms with Crippen molar-refractivity contribution in [1.29, 1.82) is 5.41 Å². The van der Waals surface area contributed by atoms with E-state index in [0.717, 1.165) is 50.6 Å². The van der Waals surface area contributed by atoms with Crippen molar-refractivity contribution in [1.82, 2.24) is 4.90 Å². The zero-order valence-corrected chi connectivity index (χ0v) is 19.9. The van der Waals surface area contributed by atoms with Gasteiger partial charge in [0.15, 0.2) is 0 Å². The summed E-state index contributed by atoms with van der Waals surface area (Å²) in [6, 6.07) is 27.6. The fourth-order valence-corrected chi connectivity index (χ4v) is 5.12. The molecule has 0 bridgehead atoms. The van der Waals surface area contributed by atoms with Crippen molar-refractivity contribution >= 4 is 35.3 Å². The van der Waals surface area contributed by atoms with Crippen LogP contribution in [0.5, 0.6) is 0 Å². The second-order valence-corrected chi connectivity index (χ2v) is 9.98. The van der Waals surface area contributed by atoms with Crippen LogP contribution in [0.4, 0.5) is 5.69 Å². The fraction of sp³-hybridized carbons (Fsp3) is 0.296. The zero-order chi connectivity index (χ0) is 22.2. The van der Waals surface area contributed by atoms with Crippen molar-refractivity contribution in [3.8, 4) is 0 Å². The van der Waals surface area contributed by atoms with Crippen LogP contribution in [-0.4, -0.2) is 42.5 Å². The normalized spacial score (nSPS) is 15.5. The molecule has 0 saturated carbocycles. The molecular weight excluding hydrogens is 434 g/mol. The summed E-state index contributed by atoms with van der Waals surface area (Å²) < 4.78 is 0. The monoisotopic (exact) mass is 463 g/mol. The smallest absolute Gasteiger partial charge is 0.0444 e. The lowest BCUT2D eigenvalue weighted by Gasteiger charge is -2.36. The quantitative estimate of drug-likeness (QED) is 0.294. The average molecular weight is 464 g/mol. The highest BCUT2D eigenvalue weighted by Crippen LogP contribution is 2.28. The maximum Gasteiger partial charge on any atom is 0.0444 e. The summed E-state index contributed by atoms with van der Waals surface area (Å²) in [4.78, 5) is 6.23. The molecule has 3 aromatic rings. The number of rotatable bonds is 9. The van der Waals surface area contributed by atoms with Gasteiger partial charge in [0.25, 0.3) is 0 Å². The third-order valence-electron chi connectivity index (χ3n) is 5.93. The molecule has 1 saturated heterocycles. The highest BCUT2D eigenvalue weighted by atomic mass is 35.5. The lowest BCUT2D eigenvalue weighted by atomic mass is 10.1. The van der Waals surface area contributed by atoms with E-state index in [0.29, 0.717) is 0 Å². The molecule has 1 fully saturated rings. The molecule has 3 nitrogen and oxygen atoms in total. The molecule has 166 valence electrons. The van der Waals surface area contributed by atoms with E-state index in [1.165, 1.54) is 21.7 Å². The predicted octanol–water partition coefficient (Wildman–Crippen LogP) is 6.41. The number of hydrogen-bond acceptors (Lipinski definition) is 4. The van der Waals surface area contributed by atoms with Crippen LogP contribution >= 0.6 is 23.4 Å². The number of aryl methyl sites for hydroxylation is 1. The number of piperazine rings is 1. The molecule has 3 aromatic carbocycles. The van der Waals surface area contributed by atoms with E-state index >= 15 is 0 Å². The van der Waals surface area contributed by atoms with E-state index < -0.39 is 0 Å². The van der Waals surface area contributed by atoms with Crippen LogP contribution in [0.3, 0.4) is 0 Å². The Hall–Kier alpha value is -2.27. The number of halogens is 1. The first-order valence-electron chi connectivity index (χ1n) is 11.2. The first-order chi connectivity index (χ1) is 15.7. The van der Waals surface area contributed by atoms with Crippen molar-refractivity contribution in [2.24, 2.45) is 0 Å². The van der Waals surface area contributed by atoms with Crippen LogP contribution in [0.2, 0.25) is 5.02 Å². The molecule has 4 rings (SSSR count). The fourth-order valence-electron chi connectivity index (χ4n) is 4.05. The SMILES string of the molecule is N=CC(CCc1ccc(Cl)cc1)Sc1ccc(N2CCN(Cc3ccccc3)CC2)cc1. The summed E-state index contributed by atoms with van der Waals surface area (Å²) in [5.41, 5.74) is 3.95. The number of benzene rings is 3. The number of hydrogen-bond donors (Lipinski definition) is 1. The molecule has 1 N–H and O–H groups in total. The Kier molecular flexibility index (Phi) is 8.27. The highest BCUT2D eigenvalue weighted by molar-refractivity contribution is 8.00. The largest absolute Gasteiger partial charge is 0.369 e. The van der Waals surface area contributed by atoms with Crippen LogP contribution < -0.4 is 4.90 Å². The van der Waals surface area contributed by atoms with Gasteiger partial charge in [0.1, 0.15) is 0 Å². The molecule has 32 heavy (non-hydrogen) atoms. The van der Waals surface area contributed by atoms with Gasteiger partial charge in [-0.1, -0.05) is 54.1 Å². The Morgan fingerprint density at radius 2 is 1.53 bits per heavy atom. The molecule has 1 unspecified atom stereocenters. The second-order valence-electron chi connectivity index (χ2n) is 8.23. The maximum absolute atomic E-state index is 7.83. The van der Waals surface area contributed by atoms with Crippen molar-refractivity contribution in [3.63, 3.8) is 0 Å². The van der Waals surface area contributed by atoms with E-state index in [4.69, 9.17) is 17.0 Å². The summed E-state index contributed by atoms with van der Waals surface area (Å²) in [6.45, 7) is 5.33. The van der Waals surface area contributed by atoms with E-state index in [2.05, 4.69) is 76.5 Å². The minimum absolute atomic E-state index is 0.179. The Balaban J connectivity index is 1.25. The summed E-state index contributed by atoms with van der Waals surface area (Å²) in [6.07, 6.45) is 3.47. The van der Waals surface area contributed by atoms with Gasteiger partial charge in [0.2, 0.25) is 0 Å². The van der Waals surface area contributed by atoms with Crippen LogP contribution in [0.25, 0.3) is 0 Å². The standard InChI is InChI=1S/C27H30ClN3S/c28-24-9-6-22(7-10-24)8-13-27(20-29)32-26-14-11-25(12-15-26)31-18-16-30(17-19-31)21-23-4-2-1-3-5-23/h1-7,9-12,14-15,20,27,29H,8,13,16-19,21H2. The molecule has 0 aliphatic carbocycles. The van der Waals surface area contributed by atoms with E-state index in [1.807, 2.05) is 12.1 Å². The molecule has 0 radical (unpaired) electrons. The number of thioether (sulfide) groups is 1. The lowest BCUT2D eigenvalue weighted by Crippen LogP contribution is -2.45. The summed E-state index contributed by atoms with van der Waals surface area (Å²) in [5, 5.41) is 8.78. The third-order valence-corrected chi connectivity index (χ3v) is 7.40. The van der Waals surface area contributed by atoms with Crippen molar-refractivity contribution in [2.45, 2.75) is 29.5 Å². The van der Waals surface area contributed by atoms with E-state index in [1.54, 1.807) is 18.0 Å². The Morgan fingerprint density at radius 3 is 2.19 bits per heavy atom. The maximum atomic E-state index is 7.83. The molecule has 1 aliphatic heterocycles. The molecule has 1 atom stereocenters. The predicted molar refractivity (Wildman–Crippen MR) is 139 cm³/mol. The third kappa shape index (κ3) is 6.61. The Labute approximate surface area is 200 Å².